The van der Waals surface area contributed by atoms with E-state index in [0.717, 1.165) is 35.4 Å². The lowest BCUT2D eigenvalue weighted by Crippen LogP contribution is -2.33. The van der Waals surface area contributed by atoms with Gasteiger partial charge in [-0.25, -0.2) is 9.50 Å². The SMILES string of the molecule is C=C(CCCCC)NCc1cnn2cc(CNC(=O)C3=NCN=C3C)nc2c1. The maximum absolute atomic E-state index is 12.2. The molecule has 0 spiro atoms. The van der Waals surface area contributed by atoms with E-state index in [1.165, 1.54) is 12.8 Å². The standard InChI is InChI=1S/C20H27N7O/c1-4-5-6-7-14(2)21-9-16-8-18-26-17(12-27(18)25-10-16)11-22-20(28)19-15(3)23-13-24-19/h8,10,12,21H,2,4-7,9,11,13H2,1,3H3,(H,22,28). The summed E-state index contributed by atoms with van der Waals surface area (Å²) in [7, 11) is 0. The molecule has 1 aliphatic rings. The van der Waals surface area contributed by atoms with Crippen molar-refractivity contribution in [2.45, 2.75) is 52.6 Å². The van der Waals surface area contributed by atoms with E-state index in [0.29, 0.717) is 31.2 Å². The summed E-state index contributed by atoms with van der Waals surface area (Å²) in [5.74, 6) is -0.227. The number of imidazole rings is 1. The Bertz CT molecular complexity index is 926. The third kappa shape index (κ3) is 5.03. The van der Waals surface area contributed by atoms with Crippen molar-refractivity contribution in [3.8, 4) is 0 Å². The molecule has 0 aliphatic carbocycles. The van der Waals surface area contributed by atoms with E-state index in [2.05, 4.69) is 44.2 Å². The van der Waals surface area contributed by atoms with Crippen LogP contribution in [0.3, 0.4) is 0 Å². The van der Waals surface area contributed by atoms with Crippen molar-refractivity contribution in [1.29, 1.82) is 0 Å². The molecule has 1 aliphatic heterocycles. The number of fused-ring (bicyclic) bond motifs is 1. The van der Waals surface area contributed by atoms with Gasteiger partial charge in [0.2, 0.25) is 0 Å². The molecule has 3 rings (SSSR count). The highest BCUT2D eigenvalue weighted by molar-refractivity contribution is 6.67. The third-order valence-electron chi connectivity index (χ3n) is 4.58. The second-order valence-electron chi connectivity index (χ2n) is 6.89. The smallest absolute Gasteiger partial charge is 0.271 e. The highest BCUT2D eigenvalue weighted by Crippen LogP contribution is 2.09. The molecule has 0 aromatic carbocycles. The van der Waals surface area contributed by atoms with Crippen LogP contribution in [0.25, 0.3) is 5.65 Å². The zero-order valence-corrected chi connectivity index (χ0v) is 16.5. The van der Waals surface area contributed by atoms with E-state index in [1.807, 2.05) is 18.5 Å². The first-order valence-electron chi connectivity index (χ1n) is 9.65. The number of rotatable bonds is 10. The predicted octanol–water partition coefficient (Wildman–Crippen LogP) is 2.40. The van der Waals surface area contributed by atoms with Gasteiger partial charge in [0, 0.05) is 12.2 Å². The second-order valence-corrected chi connectivity index (χ2v) is 6.89. The van der Waals surface area contributed by atoms with Crippen LogP contribution in [0.2, 0.25) is 0 Å². The Balaban J connectivity index is 1.54. The van der Waals surface area contributed by atoms with Gasteiger partial charge in [0.05, 0.1) is 30.3 Å². The van der Waals surface area contributed by atoms with E-state index >= 15 is 0 Å². The number of nitrogens with one attached hydrogen (secondary N) is 2. The lowest BCUT2D eigenvalue weighted by atomic mass is 10.1. The predicted molar refractivity (Wildman–Crippen MR) is 110 cm³/mol. The summed E-state index contributed by atoms with van der Waals surface area (Å²) in [6.45, 7) is 9.37. The first kappa shape index (κ1) is 19.7. The summed E-state index contributed by atoms with van der Waals surface area (Å²) >= 11 is 0. The molecule has 148 valence electrons. The molecule has 1 amide bonds. The number of carbonyl (C=O) groups is 1. The molecule has 8 nitrogen and oxygen atoms in total. The van der Waals surface area contributed by atoms with E-state index in [-0.39, 0.29) is 5.91 Å². The highest BCUT2D eigenvalue weighted by atomic mass is 16.1. The summed E-state index contributed by atoms with van der Waals surface area (Å²) in [4.78, 5) is 24.9. The van der Waals surface area contributed by atoms with Gasteiger partial charge in [0.25, 0.3) is 5.91 Å². The van der Waals surface area contributed by atoms with E-state index in [1.54, 1.807) is 11.4 Å². The van der Waals surface area contributed by atoms with Gasteiger partial charge in [0.15, 0.2) is 5.65 Å². The van der Waals surface area contributed by atoms with Crippen LogP contribution in [0.15, 0.2) is 40.7 Å². The van der Waals surface area contributed by atoms with Crippen molar-refractivity contribution < 1.29 is 4.79 Å². The van der Waals surface area contributed by atoms with Crippen molar-refractivity contribution in [3.05, 3.63) is 42.0 Å². The molecule has 0 saturated heterocycles. The Labute approximate surface area is 164 Å². The van der Waals surface area contributed by atoms with Gasteiger partial charge in [-0.2, -0.15) is 5.10 Å². The molecular formula is C20H27N7O. The lowest BCUT2D eigenvalue weighted by molar-refractivity contribution is -0.114. The largest absolute Gasteiger partial charge is 0.385 e. The Morgan fingerprint density at radius 3 is 2.86 bits per heavy atom. The summed E-state index contributed by atoms with van der Waals surface area (Å²) in [6.07, 6.45) is 8.21. The maximum atomic E-state index is 12.2. The van der Waals surface area contributed by atoms with Crippen LogP contribution in [0.5, 0.6) is 0 Å². The summed E-state index contributed by atoms with van der Waals surface area (Å²) in [5.41, 5.74) is 4.64. The Morgan fingerprint density at radius 2 is 2.11 bits per heavy atom. The van der Waals surface area contributed by atoms with Crippen LogP contribution in [-0.4, -0.2) is 38.6 Å². The minimum absolute atomic E-state index is 0.227. The Morgan fingerprint density at radius 1 is 1.25 bits per heavy atom. The van der Waals surface area contributed by atoms with E-state index in [4.69, 9.17) is 0 Å². The lowest BCUT2D eigenvalue weighted by Gasteiger charge is -2.09. The molecule has 8 heteroatoms. The Hall–Kier alpha value is -3.03. The molecule has 3 heterocycles. The first-order valence-corrected chi connectivity index (χ1v) is 9.65. The topological polar surface area (TPSA) is 96.0 Å². The van der Waals surface area contributed by atoms with Crippen LogP contribution in [0.1, 0.15) is 50.8 Å². The average Bonchev–Trinajstić information content (AvgIpc) is 3.30. The van der Waals surface area contributed by atoms with Crippen molar-refractivity contribution in [2.75, 3.05) is 6.67 Å². The van der Waals surface area contributed by atoms with Gasteiger partial charge in [0.1, 0.15) is 12.4 Å². The van der Waals surface area contributed by atoms with Gasteiger partial charge in [-0.3, -0.25) is 14.8 Å². The van der Waals surface area contributed by atoms with E-state index in [9.17, 15) is 4.79 Å². The number of allylic oxidation sites excluding steroid dienone is 1. The number of unbranched alkanes of at least 4 members (excludes halogenated alkanes) is 2. The van der Waals surface area contributed by atoms with Crippen molar-refractivity contribution in [1.82, 2.24) is 25.2 Å². The molecule has 0 saturated carbocycles. The fourth-order valence-electron chi connectivity index (χ4n) is 2.94. The number of aliphatic imine (C=N–C) groups is 2. The van der Waals surface area contributed by atoms with Crippen molar-refractivity contribution in [2.24, 2.45) is 9.98 Å². The normalized spacial score (nSPS) is 13.4. The molecule has 2 aromatic rings. The molecule has 2 N–H and O–H groups in total. The molecule has 0 radical (unpaired) electrons. The number of carbonyl (C=O) groups excluding carboxylic acids is 1. The van der Waals surface area contributed by atoms with Crippen LogP contribution in [0, 0.1) is 0 Å². The molecule has 2 aromatic heterocycles. The number of hydrogen-bond acceptors (Lipinski definition) is 6. The number of hydrogen-bond donors (Lipinski definition) is 2. The molecule has 0 fully saturated rings. The fraction of sp³-hybridized carbons (Fsp3) is 0.450. The molecule has 0 atom stereocenters. The zero-order chi connectivity index (χ0) is 19.9. The van der Waals surface area contributed by atoms with Crippen LogP contribution in [0.4, 0.5) is 0 Å². The minimum atomic E-state index is -0.227. The monoisotopic (exact) mass is 381 g/mol. The summed E-state index contributed by atoms with van der Waals surface area (Å²) in [5, 5.41) is 10.6. The summed E-state index contributed by atoms with van der Waals surface area (Å²) < 4.78 is 1.71. The third-order valence-corrected chi connectivity index (χ3v) is 4.58. The van der Waals surface area contributed by atoms with Crippen LogP contribution < -0.4 is 10.6 Å². The quantitative estimate of drug-likeness (QED) is 0.618. The van der Waals surface area contributed by atoms with Gasteiger partial charge in [-0.1, -0.05) is 26.3 Å². The molecular weight excluding hydrogens is 354 g/mol. The van der Waals surface area contributed by atoms with Gasteiger partial charge in [-0.05, 0) is 31.4 Å². The van der Waals surface area contributed by atoms with Gasteiger partial charge >= 0.3 is 0 Å². The number of aromatic nitrogens is 3. The minimum Gasteiger partial charge on any atom is -0.385 e. The molecule has 0 unspecified atom stereocenters. The fourth-order valence-corrected chi connectivity index (χ4v) is 2.94. The second kappa shape index (κ2) is 9.25. The van der Waals surface area contributed by atoms with Crippen molar-refractivity contribution >= 4 is 23.0 Å². The zero-order valence-electron chi connectivity index (χ0n) is 16.5. The van der Waals surface area contributed by atoms with E-state index < -0.39 is 0 Å². The van der Waals surface area contributed by atoms with Crippen molar-refractivity contribution in [3.63, 3.8) is 0 Å². The Kier molecular flexibility index (Phi) is 6.52. The molecule has 28 heavy (non-hydrogen) atoms. The molecule has 0 bridgehead atoms. The van der Waals surface area contributed by atoms with Gasteiger partial charge < -0.3 is 10.6 Å². The first-order chi connectivity index (χ1) is 13.6. The average molecular weight is 381 g/mol. The van der Waals surface area contributed by atoms with Crippen LogP contribution >= 0.6 is 0 Å². The number of amides is 1. The summed E-state index contributed by atoms with van der Waals surface area (Å²) in [6, 6.07) is 1.99. The highest BCUT2D eigenvalue weighted by Gasteiger charge is 2.17. The van der Waals surface area contributed by atoms with Gasteiger partial charge in [-0.15, -0.1) is 0 Å². The number of nitrogens with zero attached hydrogens (tertiary/aromatic N) is 5. The van der Waals surface area contributed by atoms with Crippen LogP contribution in [-0.2, 0) is 17.9 Å². The maximum Gasteiger partial charge on any atom is 0.271 e.